The van der Waals surface area contributed by atoms with E-state index in [-0.39, 0.29) is 5.92 Å². The van der Waals surface area contributed by atoms with Crippen molar-refractivity contribution < 1.29 is 19.1 Å². The minimum Gasteiger partial charge on any atom is -0.480 e. The Morgan fingerprint density at radius 2 is 2.05 bits per heavy atom. The van der Waals surface area contributed by atoms with Crippen molar-refractivity contribution in [3.8, 4) is 0 Å². The summed E-state index contributed by atoms with van der Waals surface area (Å²) >= 11 is 0. The Kier molecular flexibility index (Phi) is 5.49. The van der Waals surface area contributed by atoms with Gasteiger partial charge >= 0.3 is 12.0 Å². The molecular formula is C14H19FN2O3. The third-order valence-electron chi connectivity index (χ3n) is 3.28. The molecule has 1 aromatic rings. The zero-order chi connectivity index (χ0) is 15.3. The van der Waals surface area contributed by atoms with Gasteiger partial charge in [0.1, 0.15) is 11.9 Å². The van der Waals surface area contributed by atoms with Crippen molar-refractivity contribution in [3.05, 3.63) is 29.6 Å². The lowest BCUT2D eigenvalue weighted by molar-refractivity contribution is -0.140. The van der Waals surface area contributed by atoms with Crippen LogP contribution in [0.2, 0.25) is 0 Å². The summed E-state index contributed by atoms with van der Waals surface area (Å²) in [6.45, 7) is 5.12. The number of rotatable bonds is 5. The maximum Gasteiger partial charge on any atom is 0.326 e. The van der Waals surface area contributed by atoms with Crippen LogP contribution in [0.25, 0.3) is 0 Å². The molecule has 0 bridgehead atoms. The molecule has 0 radical (unpaired) electrons. The van der Waals surface area contributed by atoms with E-state index in [0.29, 0.717) is 17.7 Å². The van der Waals surface area contributed by atoms with Crippen molar-refractivity contribution in [2.75, 3.05) is 5.32 Å². The van der Waals surface area contributed by atoms with Crippen molar-refractivity contribution in [2.24, 2.45) is 5.92 Å². The van der Waals surface area contributed by atoms with Crippen LogP contribution in [0.15, 0.2) is 18.2 Å². The first kappa shape index (κ1) is 15.9. The standard InChI is InChI=1S/C14H19FN2O3/c1-4-8(2)12(13(18)19)17-14(20)16-11-7-5-6-10(15)9(11)3/h5-8,12H,4H2,1-3H3,(H,18,19)(H2,16,17,20). The second-order valence-corrected chi connectivity index (χ2v) is 4.71. The third-order valence-corrected chi connectivity index (χ3v) is 3.28. The van der Waals surface area contributed by atoms with Crippen molar-refractivity contribution in [1.29, 1.82) is 0 Å². The predicted octanol–water partition coefficient (Wildman–Crippen LogP) is 2.75. The number of carboxylic acids is 1. The van der Waals surface area contributed by atoms with E-state index in [9.17, 15) is 14.0 Å². The minimum absolute atomic E-state index is 0.202. The average Bonchev–Trinajstić information content (AvgIpc) is 2.40. The summed E-state index contributed by atoms with van der Waals surface area (Å²) in [5.41, 5.74) is 0.619. The molecule has 0 aliphatic heterocycles. The van der Waals surface area contributed by atoms with Crippen LogP contribution in [0.4, 0.5) is 14.9 Å². The first-order valence-corrected chi connectivity index (χ1v) is 6.42. The number of hydrogen-bond acceptors (Lipinski definition) is 2. The van der Waals surface area contributed by atoms with E-state index < -0.39 is 23.9 Å². The number of carbonyl (C=O) groups is 2. The number of carbonyl (C=O) groups excluding carboxylic acids is 1. The second-order valence-electron chi connectivity index (χ2n) is 4.71. The van der Waals surface area contributed by atoms with Crippen molar-refractivity contribution >= 4 is 17.7 Å². The number of benzene rings is 1. The summed E-state index contributed by atoms with van der Waals surface area (Å²) in [5.74, 6) is -1.73. The Morgan fingerprint density at radius 1 is 1.40 bits per heavy atom. The summed E-state index contributed by atoms with van der Waals surface area (Å²) in [6, 6.07) is 2.68. The van der Waals surface area contributed by atoms with Gasteiger partial charge in [0.15, 0.2) is 0 Å². The molecule has 3 N–H and O–H groups in total. The van der Waals surface area contributed by atoms with E-state index in [1.54, 1.807) is 13.0 Å². The van der Waals surface area contributed by atoms with Crippen LogP contribution in [0, 0.1) is 18.7 Å². The Hall–Kier alpha value is -2.11. The zero-order valence-electron chi connectivity index (χ0n) is 11.7. The highest BCUT2D eigenvalue weighted by Crippen LogP contribution is 2.17. The number of urea groups is 1. The first-order chi connectivity index (χ1) is 9.36. The summed E-state index contributed by atoms with van der Waals surface area (Å²) in [7, 11) is 0. The lowest BCUT2D eigenvalue weighted by Crippen LogP contribution is -2.46. The van der Waals surface area contributed by atoms with Crippen LogP contribution >= 0.6 is 0 Å². The van der Waals surface area contributed by atoms with Gasteiger partial charge in [-0.1, -0.05) is 26.3 Å². The number of anilines is 1. The summed E-state index contributed by atoms with van der Waals surface area (Å²) in [6.07, 6.45) is 0.621. The highest BCUT2D eigenvalue weighted by atomic mass is 19.1. The van der Waals surface area contributed by atoms with E-state index in [4.69, 9.17) is 5.11 Å². The molecule has 110 valence electrons. The largest absolute Gasteiger partial charge is 0.480 e. The van der Waals surface area contributed by atoms with E-state index in [0.717, 1.165) is 0 Å². The highest BCUT2D eigenvalue weighted by molar-refractivity contribution is 5.92. The smallest absolute Gasteiger partial charge is 0.326 e. The summed E-state index contributed by atoms with van der Waals surface area (Å²) in [4.78, 5) is 22.9. The first-order valence-electron chi connectivity index (χ1n) is 6.42. The molecule has 2 amide bonds. The molecule has 0 aromatic heterocycles. The fourth-order valence-electron chi connectivity index (χ4n) is 1.73. The number of nitrogens with one attached hydrogen (secondary N) is 2. The van der Waals surface area contributed by atoms with Gasteiger partial charge in [-0.25, -0.2) is 14.0 Å². The van der Waals surface area contributed by atoms with Crippen molar-refractivity contribution in [3.63, 3.8) is 0 Å². The van der Waals surface area contributed by atoms with Gasteiger partial charge in [-0.2, -0.15) is 0 Å². The fraction of sp³-hybridized carbons (Fsp3) is 0.429. The van der Waals surface area contributed by atoms with Crippen LogP contribution in [0.1, 0.15) is 25.8 Å². The van der Waals surface area contributed by atoms with Crippen LogP contribution in [-0.2, 0) is 4.79 Å². The quantitative estimate of drug-likeness (QED) is 0.777. The number of aliphatic carboxylic acids is 1. The normalized spacial score (nSPS) is 13.4. The predicted molar refractivity (Wildman–Crippen MR) is 74.2 cm³/mol. The molecule has 0 saturated heterocycles. The lowest BCUT2D eigenvalue weighted by Gasteiger charge is -2.20. The van der Waals surface area contributed by atoms with Gasteiger partial charge in [-0.15, -0.1) is 0 Å². The van der Waals surface area contributed by atoms with Crippen molar-refractivity contribution in [1.82, 2.24) is 5.32 Å². The Morgan fingerprint density at radius 3 is 2.60 bits per heavy atom. The molecule has 5 nitrogen and oxygen atoms in total. The van der Waals surface area contributed by atoms with Crippen LogP contribution in [-0.4, -0.2) is 23.1 Å². The minimum atomic E-state index is -1.09. The molecule has 1 rings (SSSR count). The van der Waals surface area contributed by atoms with E-state index in [1.807, 2.05) is 6.92 Å². The lowest BCUT2D eigenvalue weighted by atomic mass is 9.99. The Balaban J connectivity index is 2.76. The molecule has 0 aliphatic rings. The van der Waals surface area contributed by atoms with Gasteiger partial charge in [-0.3, -0.25) is 0 Å². The Labute approximate surface area is 117 Å². The molecule has 2 unspecified atom stereocenters. The van der Waals surface area contributed by atoms with Crippen molar-refractivity contribution in [2.45, 2.75) is 33.2 Å². The van der Waals surface area contributed by atoms with Crippen LogP contribution < -0.4 is 10.6 Å². The third kappa shape index (κ3) is 3.94. The molecule has 1 aromatic carbocycles. The molecular weight excluding hydrogens is 263 g/mol. The van der Waals surface area contributed by atoms with E-state index in [1.165, 1.54) is 19.1 Å². The molecule has 20 heavy (non-hydrogen) atoms. The van der Waals surface area contributed by atoms with Crippen LogP contribution in [0.5, 0.6) is 0 Å². The van der Waals surface area contributed by atoms with Gasteiger partial charge in [0.2, 0.25) is 0 Å². The number of hydrogen-bond donors (Lipinski definition) is 3. The SMILES string of the molecule is CCC(C)C(NC(=O)Nc1cccc(F)c1C)C(=O)O. The van der Waals surface area contributed by atoms with E-state index >= 15 is 0 Å². The number of carboxylic acid groups (broad SMARTS) is 1. The second kappa shape index (κ2) is 6.88. The molecule has 0 heterocycles. The summed E-state index contributed by atoms with van der Waals surface area (Å²) in [5, 5.41) is 13.9. The Bertz CT molecular complexity index is 505. The maximum absolute atomic E-state index is 13.3. The fourth-order valence-corrected chi connectivity index (χ4v) is 1.73. The topological polar surface area (TPSA) is 78.4 Å². The number of halogens is 1. The van der Waals surface area contributed by atoms with Gasteiger partial charge < -0.3 is 15.7 Å². The van der Waals surface area contributed by atoms with Gasteiger partial charge in [-0.05, 0) is 25.0 Å². The van der Waals surface area contributed by atoms with Gasteiger partial charge in [0.05, 0.1) is 0 Å². The van der Waals surface area contributed by atoms with E-state index in [2.05, 4.69) is 10.6 Å². The maximum atomic E-state index is 13.3. The monoisotopic (exact) mass is 282 g/mol. The highest BCUT2D eigenvalue weighted by Gasteiger charge is 2.25. The molecule has 2 atom stereocenters. The molecule has 0 saturated carbocycles. The van der Waals surface area contributed by atoms with Gasteiger partial charge in [0, 0.05) is 11.3 Å². The zero-order valence-corrected chi connectivity index (χ0v) is 11.7. The average molecular weight is 282 g/mol. The van der Waals surface area contributed by atoms with Crippen LogP contribution in [0.3, 0.4) is 0 Å². The summed E-state index contributed by atoms with van der Waals surface area (Å²) < 4.78 is 13.3. The van der Waals surface area contributed by atoms with Gasteiger partial charge in [0.25, 0.3) is 0 Å². The molecule has 6 heteroatoms. The number of amides is 2. The molecule has 0 spiro atoms. The molecule has 0 fully saturated rings. The molecule has 0 aliphatic carbocycles.